The number of hydrogen-bond donors (Lipinski definition) is 0. The molecule has 1 aliphatic rings. The van der Waals surface area contributed by atoms with Crippen LogP contribution in [0.3, 0.4) is 0 Å². The Morgan fingerprint density at radius 2 is 2.22 bits per heavy atom. The van der Waals surface area contributed by atoms with Crippen LogP contribution in [0.2, 0.25) is 12.1 Å². The smallest absolute Gasteiger partial charge is 0.0939 e. The molecule has 0 aliphatic carbocycles. The van der Waals surface area contributed by atoms with Crippen LogP contribution in [-0.4, -0.2) is 13.8 Å². The van der Waals surface area contributed by atoms with E-state index in [1.54, 1.807) is 0 Å². The molecular formula is C7H9NSi. The molecule has 1 nitrogen and oxygen atoms in total. The molecule has 0 amide bonds. The van der Waals surface area contributed by atoms with Gasteiger partial charge in [-0.25, -0.2) is 0 Å². The normalized spacial score (nSPS) is 17.8. The van der Waals surface area contributed by atoms with Crippen LogP contribution in [0.5, 0.6) is 0 Å². The minimum absolute atomic E-state index is 0.390. The standard InChI is InChI=1S/C7H9NSi/c1-2-4-8-7(3-1)9-5-6-9/h1-4,9H,5-6H2. The quantitative estimate of drug-likeness (QED) is 0.512. The van der Waals surface area contributed by atoms with E-state index in [9.17, 15) is 0 Å². The van der Waals surface area contributed by atoms with E-state index in [0.29, 0.717) is 0 Å². The summed E-state index contributed by atoms with van der Waals surface area (Å²) in [5.41, 5.74) is 0. The lowest BCUT2D eigenvalue weighted by Gasteiger charge is -1.90. The van der Waals surface area contributed by atoms with E-state index >= 15 is 0 Å². The van der Waals surface area contributed by atoms with Crippen molar-refractivity contribution in [2.24, 2.45) is 0 Å². The lowest BCUT2D eigenvalue weighted by Crippen LogP contribution is -2.17. The van der Waals surface area contributed by atoms with Gasteiger partial charge >= 0.3 is 0 Å². The van der Waals surface area contributed by atoms with Crippen LogP contribution < -0.4 is 5.32 Å². The maximum Gasteiger partial charge on any atom is 0.0939 e. The Morgan fingerprint density at radius 1 is 1.33 bits per heavy atom. The molecule has 0 radical (unpaired) electrons. The van der Waals surface area contributed by atoms with Gasteiger partial charge < -0.3 is 0 Å². The summed E-state index contributed by atoms with van der Waals surface area (Å²) in [5, 5.41) is 1.41. The Hall–Kier alpha value is -0.633. The second-order valence-electron chi connectivity index (χ2n) is 2.53. The number of rotatable bonds is 1. The highest BCUT2D eigenvalue weighted by molar-refractivity contribution is 6.81. The maximum atomic E-state index is 4.30. The van der Waals surface area contributed by atoms with E-state index in [0.717, 1.165) is 0 Å². The molecule has 2 rings (SSSR count). The molecule has 2 heteroatoms. The first-order valence-corrected chi connectivity index (χ1v) is 5.59. The Morgan fingerprint density at radius 3 is 2.78 bits per heavy atom. The van der Waals surface area contributed by atoms with Crippen LogP contribution >= 0.6 is 0 Å². The van der Waals surface area contributed by atoms with Crippen molar-refractivity contribution in [3.05, 3.63) is 24.4 Å². The molecule has 1 aromatic rings. The van der Waals surface area contributed by atoms with Gasteiger partial charge in [0.1, 0.15) is 0 Å². The lowest BCUT2D eigenvalue weighted by atomic mass is 10.5. The monoisotopic (exact) mass is 135 g/mol. The van der Waals surface area contributed by atoms with E-state index < -0.39 is 0 Å². The molecule has 2 heterocycles. The molecular weight excluding hydrogens is 126 g/mol. The van der Waals surface area contributed by atoms with Gasteiger partial charge in [-0.05, 0) is 12.1 Å². The summed E-state index contributed by atoms with van der Waals surface area (Å²) in [6.07, 6.45) is 1.90. The van der Waals surface area contributed by atoms with E-state index in [2.05, 4.69) is 17.1 Å². The van der Waals surface area contributed by atoms with Gasteiger partial charge in [0.25, 0.3) is 0 Å². The Balaban J connectivity index is 2.29. The zero-order chi connectivity index (χ0) is 6.10. The van der Waals surface area contributed by atoms with Gasteiger partial charge in [-0.1, -0.05) is 18.2 Å². The molecule has 0 saturated carbocycles. The summed E-state index contributed by atoms with van der Waals surface area (Å²) in [6.45, 7) is 0. The molecule has 0 atom stereocenters. The van der Waals surface area contributed by atoms with Gasteiger partial charge in [0.15, 0.2) is 0 Å². The van der Waals surface area contributed by atoms with Crippen molar-refractivity contribution in [3.63, 3.8) is 0 Å². The van der Waals surface area contributed by atoms with E-state index in [1.807, 2.05) is 12.3 Å². The maximum absolute atomic E-state index is 4.30. The Bertz CT molecular complexity index is 193. The van der Waals surface area contributed by atoms with Crippen LogP contribution in [0.1, 0.15) is 0 Å². The predicted octanol–water partition coefficient (Wildman–Crippen LogP) is 0.529. The zero-order valence-corrected chi connectivity index (χ0v) is 6.40. The largest absolute Gasteiger partial charge is 0.266 e. The minimum Gasteiger partial charge on any atom is -0.266 e. The van der Waals surface area contributed by atoms with Crippen molar-refractivity contribution in [1.29, 1.82) is 0 Å². The first kappa shape index (κ1) is 5.18. The second kappa shape index (κ2) is 1.95. The highest BCUT2D eigenvalue weighted by Crippen LogP contribution is 2.19. The van der Waals surface area contributed by atoms with Crippen molar-refractivity contribution >= 4 is 14.1 Å². The highest BCUT2D eigenvalue weighted by Gasteiger charge is 2.26. The van der Waals surface area contributed by atoms with E-state index in [1.165, 1.54) is 17.4 Å². The fourth-order valence-electron chi connectivity index (χ4n) is 0.997. The SMILES string of the molecule is c1ccc([SiH]2CC2)nc1. The minimum atomic E-state index is -0.390. The first-order chi connectivity index (χ1) is 4.47. The van der Waals surface area contributed by atoms with Crippen LogP contribution in [0, 0.1) is 0 Å². The van der Waals surface area contributed by atoms with Crippen molar-refractivity contribution in [1.82, 2.24) is 4.98 Å². The molecule has 46 valence electrons. The molecule has 1 aromatic heterocycles. The summed E-state index contributed by atoms with van der Waals surface area (Å²) in [6, 6.07) is 9.21. The summed E-state index contributed by atoms with van der Waals surface area (Å²) >= 11 is 0. The highest BCUT2D eigenvalue weighted by atomic mass is 28.3. The molecule has 1 saturated heterocycles. The third kappa shape index (κ3) is 1.03. The zero-order valence-electron chi connectivity index (χ0n) is 5.25. The molecule has 0 unspecified atom stereocenters. The molecule has 1 fully saturated rings. The fraction of sp³-hybridized carbons (Fsp3) is 0.286. The number of hydrogen-bond acceptors (Lipinski definition) is 1. The third-order valence-corrected chi connectivity index (χ3v) is 4.02. The van der Waals surface area contributed by atoms with Crippen LogP contribution in [0.25, 0.3) is 0 Å². The van der Waals surface area contributed by atoms with Gasteiger partial charge in [-0.3, -0.25) is 4.98 Å². The Kier molecular flexibility index (Phi) is 1.12. The van der Waals surface area contributed by atoms with Gasteiger partial charge in [0.2, 0.25) is 0 Å². The molecule has 9 heavy (non-hydrogen) atoms. The van der Waals surface area contributed by atoms with Gasteiger partial charge in [-0.15, -0.1) is 0 Å². The van der Waals surface area contributed by atoms with Crippen molar-refractivity contribution in [2.45, 2.75) is 12.1 Å². The van der Waals surface area contributed by atoms with Gasteiger partial charge in [0, 0.05) is 11.5 Å². The lowest BCUT2D eigenvalue weighted by molar-refractivity contribution is 1.38. The van der Waals surface area contributed by atoms with Crippen molar-refractivity contribution in [3.8, 4) is 0 Å². The van der Waals surface area contributed by atoms with Gasteiger partial charge in [0.05, 0.1) is 8.80 Å². The molecule has 0 N–H and O–H groups in total. The summed E-state index contributed by atoms with van der Waals surface area (Å²) in [7, 11) is -0.390. The summed E-state index contributed by atoms with van der Waals surface area (Å²) < 4.78 is 0. The Labute approximate surface area is 56.4 Å². The number of nitrogens with zero attached hydrogens (tertiary/aromatic N) is 1. The van der Waals surface area contributed by atoms with E-state index in [4.69, 9.17) is 0 Å². The molecule has 1 aliphatic heterocycles. The topological polar surface area (TPSA) is 12.9 Å². The summed E-state index contributed by atoms with van der Waals surface area (Å²) in [4.78, 5) is 4.30. The number of aromatic nitrogens is 1. The van der Waals surface area contributed by atoms with Crippen molar-refractivity contribution in [2.75, 3.05) is 0 Å². The van der Waals surface area contributed by atoms with E-state index in [-0.39, 0.29) is 8.80 Å². The van der Waals surface area contributed by atoms with Gasteiger partial charge in [-0.2, -0.15) is 0 Å². The summed E-state index contributed by atoms with van der Waals surface area (Å²) in [5.74, 6) is 0. The molecule has 0 spiro atoms. The predicted molar refractivity (Wildman–Crippen MR) is 40.6 cm³/mol. The second-order valence-corrected chi connectivity index (χ2v) is 5.67. The fourth-order valence-corrected chi connectivity index (χ4v) is 2.93. The average molecular weight is 135 g/mol. The third-order valence-electron chi connectivity index (χ3n) is 1.68. The molecule has 0 bridgehead atoms. The van der Waals surface area contributed by atoms with Crippen LogP contribution in [0.15, 0.2) is 24.4 Å². The van der Waals surface area contributed by atoms with Crippen LogP contribution in [0.4, 0.5) is 0 Å². The number of pyridine rings is 1. The van der Waals surface area contributed by atoms with Crippen molar-refractivity contribution < 1.29 is 0 Å². The average Bonchev–Trinajstić information content (AvgIpc) is 2.71. The molecule has 0 aromatic carbocycles. The van der Waals surface area contributed by atoms with Crippen LogP contribution in [-0.2, 0) is 0 Å². The first-order valence-electron chi connectivity index (χ1n) is 3.38.